The summed E-state index contributed by atoms with van der Waals surface area (Å²) in [4.78, 5) is 32.4. The molecule has 2 aromatic rings. The van der Waals surface area contributed by atoms with Crippen molar-refractivity contribution >= 4 is 12.0 Å². The lowest BCUT2D eigenvalue weighted by Crippen LogP contribution is -2.35. The van der Waals surface area contributed by atoms with Crippen LogP contribution in [0, 0.1) is 5.92 Å². The Hall–Kier alpha value is -2.73. The van der Waals surface area contributed by atoms with Gasteiger partial charge in [0.1, 0.15) is 0 Å². The fourth-order valence-corrected chi connectivity index (χ4v) is 2.86. The second-order valence-electron chi connectivity index (χ2n) is 6.08. The zero-order valence-electron chi connectivity index (χ0n) is 13.9. The van der Waals surface area contributed by atoms with Crippen molar-refractivity contribution in [2.75, 3.05) is 26.3 Å². The Kier molecular flexibility index (Phi) is 5.74. The number of benzene rings is 1. The summed E-state index contributed by atoms with van der Waals surface area (Å²) in [6, 6.07) is 11.2. The van der Waals surface area contributed by atoms with E-state index < -0.39 is 0 Å². The summed E-state index contributed by atoms with van der Waals surface area (Å²) in [6.45, 7) is 2.23. The van der Waals surface area contributed by atoms with Crippen LogP contribution in [0.2, 0.25) is 0 Å². The van der Waals surface area contributed by atoms with Gasteiger partial charge in [0, 0.05) is 36.8 Å². The van der Waals surface area contributed by atoms with Gasteiger partial charge in [-0.3, -0.25) is 9.59 Å². The molecule has 1 amide bonds. The van der Waals surface area contributed by atoms with Crippen molar-refractivity contribution in [2.45, 2.75) is 6.42 Å². The second-order valence-corrected chi connectivity index (χ2v) is 6.08. The van der Waals surface area contributed by atoms with Crippen molar-refractivity contribution in [1.82, 2.24) is 14.9 Å². The first-order valence-electron chi connectivity index (χ1n) is 8.34. The van der Waals surface area contributed by atoms with Crippen molar-refractivity contribution in [3.05, 3.63) is 70.4 Å². The zero-order valence-corrected chi connectivity index (χ0v) is 13.9. The number of rotatable bonds is 4. The minimum Gasteiger partial charge on any atom is -0.379 e. The largest absolute Gasteiger partial charge is 0.379 e. The highest BCUT2D eigenvalue weighted by Gasteiger charge is 2.22. The van der Waals surface area contributed by atoms with Crippen molar-refractivity contribution in [2.24, 2.45) is 5.92 Å². The molecule has 0 saturated carbocycles. The minimum atomic E-state index is -0.168. The summed E-state index contributed by atoms with van der Waals surface area (Å²) >= 11 is 0. The number of hydrogen-bond donors (Lipinski definition) is 1. The lowest BCUT2D eigenvalue weighted by Gasteiger charge is -2.22. The molecule has 1 saturated heterocycles. The average molecular weight is 339 g/mol. The number of aromatic amines is 1. The van der Waals surface area contributed by atoms with Gasteiger partial charge < -0.3 is 14.6 Å². The quantitative estimate of drug-likeness (QED) is 0.857. The van der Waals surface area contributed by atoms with Crippen molar-refractivity contribution in [3.63, 3.8) is 0 Å². The van der Waals surface area contributed by atoms with E-state index >= 15 is 0 Å². The fourth-order valence-electron chi connectivity index (χ4n) is 2.86. The molecule has 25 heavy (non-hydrogen) atoms. The van der Waals surface area contributed by atoms with Gasteiger partial charge in [-0.25, -0.2) is 4.98 Å². The number of H-pyrrole nitrogens is 1. The summed E-state index contributed by atoms with van der Waals surface area (Å²) in [5.41, 5.74) is 1.54. The summed E-state index contributed by atoms with van der Waals surface area (Å²) in [5.74, 6) is 0.0871. The lowest BCUT2D eigenvalue weighted by molar-refractivity contribution is -0.126. The topological polar surface area (TPSA) is 75.3 Å². The Bertz CT molecular complexity index is 786. The molecule has 1 aliphatic rings. The molecule has 6 nitrogen and oxygen atoms in total. The third kappa shape index (κ3) is 5.12. The molecule has 1 N–H and O–H groups in total. The SMILES string of the molecule is O=C(/C=C/c1ccccc1)N1CCOCC(Cc2cc(=O)[nH]cn2)C1. The van der Waals surface area contributed by atoms with E-state index in [-0.39, 0.29) is 17.4 Å². The van der Waals surface area contributed by atoms with Crippen LogP contribution >= 0.6 is 0 Å². The van der Waals surface area contributed by atoms with E-state index in [1.54, 1.807) is 11.0 Å². The van der Waals surface area contributed by atoms with Crippen LogP contribution in [0.3, 0.4) is 0 Å². The van der Waals surface area contributed by atoms with Gasteiger partial charge in [-0.15, -0.1) is 0 Å². The van der Waals surface area contributed by atoms with Gasteiger partial charge in [-0.05, 0) is 18.1 Å². The first kappa shape index (κ1) is 17.1. The Balaban J connectivity index is 1.64. The molecule has 1 aromatic carbocycles. The highest BCUT2D eigenvalue weighted by Crippen LogP contribution is 2.13. The van der Waals surface area contributed by atoms with Gasteiger partial charge in [0.05, 0.1) is 19.5 Å². The number of aromatic nitrogens is 2. The molecule has 2 heterocycles. The normalized spacial score (nSPS) is 18.2. The van der Waals surface area contributed by atoms with Gasteiger partial charge in [-0.2, -0.15) is 0 Å². The molecule has 130 valence electrons. The first-order valence-corrected chi connectivity index (χ1v) is 8.34. The van der Waals surface area contributed by atoms with E-state index in [2.05, 4.69) is 9.97 Å². The van der Waals surface area contributed by atoms with Crippen LogP contribution in [0.4, 0.5) is 0 Å². The van der Waals surface area contributed by atoms with Crippen LogP contribution < -0.4 is 5.56 Å². The van der Waals surface area contributed by atoms with Crippen molar-refractivity contribution < 1.29 is 9.53 Å². The minimum absolute atomic E-state index is 0.0294. The van der Waals surface area contributed by atoms with Crippen LogP contribution in [-0.2, 0) is 16.0 Å². The number of hydrogen-bond acceptors (Lipinski definition) is 4. The van der Waals surface area contributed by atoms with E-state index in [9.17, 15) is 9.59 Å². The first-order chi connectivity index (χ1) is 12.2. The lowest BCUT2D eigenvalue weighted by atomic mass is 10.0. The monoisotopic (exact) mass is 339 g/mol. The van der Waals surface area contributed by atoms with E-state index in [0.717, 1.165) is 5.56 Å². The summed E-state index contributed by atoms with van der Waals surface area (Å²) in [6.07, 6.45) is 5.43. The molecule has 3 rings (SSSR count). The summed E-state index contributed by atoms with van der Waals surface area (Å²) < 4.78 is 5.62. The molecule has 1 aromatic heterocycles. The van der Waals surface area contributed by atoms with Gasteiger partial charge in [0.15, 0.2) is 0 Å². The predicted molar refractivity (Wildman–Crippen MR) is 94.9 cm³/mol. The number of ether oxygens (including phenoxy) is 1. The standard InChI is InChI=1S/C19H21N3O3/c23-18-11-17(20-14-21-18)10-16-12-22(8-9-25-13-16)19(24)7-6-15-4-2-1-3-5-15/h1-7,11,14,16H,8-10,12-13H2,(H,20,21,23)/b7-6+. The Morgan fingerprint density at radius 1 is 1.36 bits per heavy atom. The van der Waals surface area contributed by atoms with Crippen molar-refractivity contribution in [3.8, 4) is 0 Å². The van der Waals surface area contributed by atoms with E-state index in [1.165, 1.54) is 12.4 Å². The van der Waals surface area contributed by atoms with E-state index in [1.807, 2.05) is 36.4 Å². The maximum absolute atomic E-state index is 12.5. The molecule has 1 fully saturated rings. The van der Waals surface area contributed by atoms with Crippen LogP contribution in [-0.4, -0.2) is 47.1 Å². The Morgan fingerprint density at radius 2 is 2.20 bits per heavy atom. The Morgan fingerprint density at radius 3 is 3.00 bits per heavy atom. The molecular formula is C19H21N3O3. The highest BCUT2D eigenvalue weighted by molar-refractivity contribution is 5.91. The molecule has 6 heteroatoms. The van der Waals surface area contributed by atoms with Crippen molar-refractivity contribution in [1.29, 1.82) is 0 Å². The van der Waals surface area contributed by atoms with Crippen LogP contribution in [0.25, 0.3) is 6.08 Å². The molecule has 0 aliphatic carbocycles. The zero-order chi connectivity index (χ0) is 17.5. The van der Waals surface area contributed by atoms with Gasteiger partial charge in [-0.1, -0.05) is 30.3 Å². The van der Waals surface area contributed by atoms with Crippen LogP contribution in [0.15, 0.2) is 53.6 Å². The smallest absolute Gasteiger partial charge is 0.250 e. The third-order valence-corrected chi connectivity index (χ3v) is 4.10. The summed E-state index contributed by atoms with van der Waals surface area (Å²) in [5, 5.41) is 0. The maximum atomic E-state index is 12.5. The van der Waals surface area contributed by atoms with Gasteiger partial charge in [0.2, 0.25) is 5.91 Å². The molecule has 1 atom stereocenters. The van der Waals surface area contributed by atoms with E-state index in [0.29, 0.717) is 38.4 Å². The highest BCUT2D eigenvalue weighted by atomic mass is 16.5. The maximum Gasteiger partial charge on any atom is 0.250 e. The number of nitrogens with zero attached hydrogens (tertiary/aromatic N) is 2. The molecule has 0 spiro atoms. The number of carbonyl (C=O) groups is 1. The van der Waals surface area contributed by atoms with Gasteiger partial charge >= 0.3 is 0 Å². The fraction of sp³-hybridized carbons (Fsp3) is 0.316. The molecular weight excluding hydrogens is 318 g/mol. The van der Waals surface area contributed by atoms with Gasteiger partial charge in [0.25, 0.3) is 5.56 Å². The summed E-state index contributed by atoms with van der Waals surface area (Å²) in [7, 11) is 0. The molecule has 1 unspecified atom stereocenters. The molecule has 0 radical (unpaired) electrons. The molecule has 0 bridgehead atoms. The number of carbonyl (C=O) groups excluding carboxylic acids is 1. The second kappa shape index (κ2) is 8.39. The predicted octanol–water partition coefficient (Wildman–Crippen LogP) is 1.50. The molecule has 1 aliphatic heterocycles. The number of nitrogens with one attached hydrogen (secondary N) is 1. The average Bonchev–Trinajstić information content (AvgIpc) is 2.86. The van der Waals surface area contributed by atoms with Crippen LogP contribution in [0.5, 0.6) is 0 Å². The third-order valence-electron chi connectivity index (χ3n) is 4.10. The van der Waals surface area contributed by atoms with Crippen LogP contribution in [0.1, 0.15) is 11.3 Å². The van der Waals surface area contributed by atoms with E-state index in [4.69, 9.17) is 4.74 Å². The number of amides is 1. The Labute approximate surface area is 146 Å².